The maximum atomic E-state index is 5.95. The predicted molar refractivity (Wildman–Crippen MR) is 67.6 cm³/mol. The molecule has 0 atom stereocenters. The summed E-state index contributed by atoms with van der Waals surface area (Å²) in [6.45, 7) is 2.00. The van der Waals surface area contributed by atoms with E-state index < -0.39 is 0 Å². The van der Waals surface area contributed by atoms with E-state index >= 15 is 0 Å². The third-order valence-corrected chi connectivity index (χ3v) is 3.11. The molecular weight excluding hydrogens is 214 g/mol. The number of para-hydroxylation sites is 1. The molecule has 0 aliphatic rings. The highest BCUT2D eigenvalue weighted by atomic mass is 16.3. The van der Waals surface area contributed by atoms with Gasteiger partial charge in [0, 0.05) is 23.7 Å². The molecule has 0 aliphatic heterocycles. The Balaban J connectivity index is 2.35. The highest BCUT2D eigenvalue weighted by molar-refractivity contribution is 5.97. The molecule has 1 aromatic carbocycles. The molecule has 0 fully saturated rings. The number of benzene rings is 1. The quantitative estimate of drug-likeness (QED) is 0.695. The van der Waals surface area contributed by atoms with Crippen molar-refractivity contribution in [3.8, 4) is 11.1 Å². The minimum Gasteiger partial charge on any atom is -0.464 e. The van der Waals surface area contributed by atoms with Crippen LogP contribution in [-0.4, -0.2) is 9.78 Å². The Morgan fingerprint density at radius 2 is 2.06 bits per heavy atom. The van der Waals surface area contributed by atoms with Gasteiger partial charge in [-0.2, -0.15) is 5.10 Å². The molecular formula is C13H13N3O. The molecule has 2 aromatic heterocycles. The average Bonchev–Trinajstić information content (AvgIpc) is 2.82. The first kappa shape index (κ1) is 9.96. The zero-order chi connectivity index (χ0) is 12.0. The number of nitrogens with zero attached hydrogens (tertiary/aromatic N) is 2. The summed E-state index contributed by atoms with van der Waals surface area (Å²) in [6, 6.07) is 7.92. The standard InChI is InChI=1S/C13H13N3O/c1-8-12(13(14)15-16(8)2)10-7-17-11-6-4-3-5-9(10)11/h3-7H,1-2H3,(H2,14,15). The first-order chi connectivity index (χ1) is 8.18. The number of fused-ring (bicyclic) bond motifs is 1. The number of hydrogen-bond donors (Lipinski definition) is 1. The summed E-state index contributed by atoms with van der Waals surface area (Å²) in [5.74, 6) is 0.538. The molecule has 0 unspecified atom stereocenters. The van der Waals surface area contributed by atoms with Gasteiger partial charge in [-0.05, 0) is 13.0 Å². The van der Waals surface area contributed by atoms with Crippen molar-refractivity contribution in [1.82, 2.24) is 9.78 Å². The first-order valence-corrected chi connectivity index (χ1v) is 5.44. The monoisotopic (exact) mass is 227 g/mol. The van der Waals surface area contributed by atoms with Crippen LogP contribution in [0.4, 0.5) is 5.82 Å². The van der Waals surface area contributed by atoms with Gasteiger partial charge in [0.1, 0.15) is 5.58 Å². The van der Waals surface area contributed by atoms with Gasteiger partial charge >= 0.3 is 0 Å². The van der Waals surface area contributed by atoms with E-state index in [9.17, 15) is 0 Å². The van der Waals surface area contributed by atoms with E-state index in [1.807, 2.05) is 38.2 Å². The van der Waals surface area contributed by atoms with Crippen molar-refractivity contribution < 1.29 is 4.42 Å². The summed E-state index contributed by atoms with van der Waals surface area (Å²) in [5.41, 5.74) is 9.81. The van der Waals surface area contributed by atoms with Crippen molar-refractivity contribution in [2.45, 2.75) is 6.92 Å². The largest absolute Gasteiger partial charge is 0.464 e. The van der Waals surface area contributed by atoms with Crippen molar-refractivity contribution >= 4 is 16.8 Å². The molecule has 0 saturated carbocycles. The first-order valence-electron chi connectivity index (χ1n) is 5.44. The van der Waals surface area contributed by atoms with Gasteiger partial charge in [-0.1, -0.05) is 18.2 Å². The second-order valence-corrected chi connectivity index (χ2v) is 4.11. The van der Waals surface area contributed by atoms with Crippen LogP contribution in [0.1, 0.15) is 5.69 Å². The number of aryl methyl sites for hydroxylation is 1. The number of rotatable bonds is 1. The predicted octanol–water partition coefficient (Wildman–Crippen LogP) is 2.72. The van der Waals surface area contributed by atoms with Crippen molar-refractivity contribution in [3.05, 3.63) is 36.2 Å². The fourth-order valence-electron chi connectivity index (χ4n) is 2.14. The molecule has 17 heavy (non-hydrogen) atoms. The van der Waals surface area contributed by atoms with E-state index in [0.29, 0.717) is 5.82 Å². The lowest BCUT2D eigenvalue weighted by molar-refractivity contribution is 0.617. The van der Waals surface area contributed by atoms with Crippen LogP contribution in [0.25, 0.3) is 22.1 Å². The molecule has 0 bridgehead atoms. The second-order valence-electron chi connectivity index (χ2n) is 4.11. The van der Waals surface area contributed by atoms with Gasteiger partial charge in [-0.25, -0.2) is 0 Å². The topological polar surface area (TPSA) is 57.0 Å². The fourth-order valence-corrected chi connectivity index (χ4v) is 2.14. The van der Waals surface area contributed by atoms with Crippen LogP contribution < -0.4 is 5.73 Å². The Bertz CT molecular complexity index is 694. The average molecular weight is 227 g/mol. The lowest BCUT2D eigenvalue weighted by Crippen LogP contribution is -1.93. The van der Waals surface area contributed by atoms with Gasteiger partial charge in [-0.15, -0.1) is 0 Å². The smallest absolute Gasteiger partial charge is 0.153 e. The van der Waals surface area contributed by atoms with E-state index in [0.717, 1.165) is 27.8 Å². The molecule has 0 radical (unpaired) electrons. The fraction of sp³-hybridized carbons (Fsp3) is 0.154. The van der Waals surface area contributed by atoms with Crippen LogP contribution in [0.5, 0.6) is 0 Å². The SMILES string of the molecule is Cc1c(-c2coc3ccccc23)c(N)nn1C. The molecule has 2 N–H and O–H groups in total. The molecule has 0 saturated heterocycles. The number of furan rings is 1. The minimum absolute atomic E-state index is 0.538. The van der Waals surface area contributed by atoms with E-state index in [4.69, 9.17) is 10.2 Å². The van der Waals surface area contributed by atoms with Gasteiger partial charge in [0.2, 0.25) is 0 Å². The van der Waals surface area contributed by atoms with E-state index in [2.05, 4.69) is 5.10 Å². The molecule has 3 aromatic rings. The summed E-state index contributed by atoms with van der Waals surface area (Å²) >= 11 is 0. The third kappa shape index (κ3) is 1.34. The number of nitrogen functional groups attached to an aromatic ring is 1. The second kappa shape index (κ2) is 3.38. The van der Waals surface area contributed by atoms with Crippen molar-refractivity contribution in [2.24, 2.45) is 7.05 Å². The highest BCUT2D eigenvalue weighted by Gasteiger charge is 2.16. The zero-order valence-corrected chi connectivity index (χ0v) is 9.77. The van der Waals surface area contributed by atoms with Crippen LogP contribution in [-0.2, 0) is 7.05 Å². The lowest BCUT2D eigenvalue weighted by Gasteiger charge is -1.98. The molecule has 0 amide bonds. The molecule has 0 spiro atoms. The normalized spacial score (nSPS) is 11.2. The number of anilines is 1. The van der Waals surface area contributed by atoms with Gasteiger partial charge < -0.3 is 10.2 Å². The molecule has 2 heterocycles. The summed E-state index contributed by atoms with van der Waals surface area (Å²) in [7, 11) is 1.89. The Kier molecular flexibility index (Phi) is 1.98. The molecule has 0 aliphatic carbocycles. The molecule has 86 valence electrons. The van der Waals surface area contributed by atoms with E-state index in [-0.39, 0.29) is 0 Å². The summed E-state index contributed by atoms with van der Waals surface area (Å²) in [5, 5.41) is 5.29. The summed E-state index contributed by atoms with van der Waals surface area (Å²) in [4.78, 5) is 0. The van der Waals surface area contributed by atoms with Gasteiger partial charge in [0.25, 0.3) is 0 Å². The third-order valence-electron chi connectivity index (χ3n) is 3.11. The Hall–Kier alpha value is -2.23. The zero-order valence-electron chi connectivity index (χ0n) is 9.77. The molecule has 4 nitrogen and oxygen atoms in total. The van der Waals surface area contributed by atoms with Crippen LogP contribution in [0.15, 0.2) is 34.9 Å². The van der Waals surface area contributed by atoms with Gasteiger partial charge in [-0.3, -0.25) is 4.68 Å². The molecule has 4 heteroatoms. The minimum atomic E-state index is 0.538. The van der Waals surface area contributed by atoms with Crippen LogP contribution >= 0.6 is 0 Å². The van der Waals surface area contributed by atoms with Crippen LogP contribution in [0.2, 0.25) is 0 Å². The maximum absolute atomic E-state index is 5.95. The summed E-state index contributed by atoms with van der Waals surface area (Å²) < 4.78 is 7.31. The number of aromatic nitrogens is 2. The lowest BCUT2D eigenvalue weighted by atomic mass is 10.1. The maximum Gasteiger partial charge on any atom is 0.153 e. The Morgan fingerprint density at radius 1 is 1.29 bits per heavy atom. The number of nitrogens with two attached hydrogens (primary N) is 1. The van der Waals surface area contributed by atoms with Gasteiger partial charge in [0.05, 0.1) is 11.8 Å². The van der Waals surface area contributed by atoms with Crippen molar-refractivity contribution in [3.63, 3.8) is 0 Å². The van der Waals surface area contributed by atoms with Crippen LogP contribution in [0.3, 0.4) is 0 Å². The molecule has 3 rings (SSSR count). The van der Waals surface area contributed by atoms with E-state index in [1.54, 1.807) is 10.9 Å². The number of hydrogen-bond acceptors (Lipinski definition) is 3. The van der Waals surface area contributed by atoms with Crippen LogP contribution in [0, 0.1) is 6.92 Å². The van der Waals surface area contributed by atoms with Gasteiger partial charge in [0.15, 0.2) is 5.82 Å². The van der Waals surface area contributed by atoms with E-state index in [1.165, 1.54) is 0 Å². The Labute approximate surface area is 98.6 Å². The Morgan fingerprint density at radius 3 is 2.76 bits per heavy atom. The summed E-state index contributed by atoms with van der Waals surface area (Å²) in [6.07, 6.45) is 1.74. The van der Waals surface area contributed by atoms with Crippen molar-refractivity contribution in [1.29, 1.82) is 0 Å². The highest BCUT2D eigenvalue weighted by Crippen LogP contribution is 2.35. The van der Waals surface area contributed by atoms with Crippen molar-refractivity contribution in [2.75, 3.05) is 5.73 Å².